The van der Waals surface area contributed by atoms with Crippen LogP contribution >= 0.6 is 11.5 Å². The lowest BCUT2D eigenvalue weighted by Gasteiger charge is -2.11. The number of hydrogen-bond acceptors (Lipinski definition) is 3. The van der Waals surface area contributed by atoms with Gasteiger partial charge in [-0.15, -0.1) is 0 Å². The van der Waals surface area contributed by atoms with E-state index in [0.717, 1.165) is 16.0 Å². The maximum absolute atomic E-state index is 10.2. The first-order chi connectivity index (χ1) is 7.59. The van der Waals surface area contributed by atoms with Crippen LogP contribution in [0.25, 0.3) is 0 Å². The van der Waals surface area contributed by atoms with Gasteiger partial charge in [0, 0.05) is 6.20 Å². The molecule has 3 heteroatoms. The Labute approximate surface area is 99.7 Å². The van der Waals surface area contributed by atoms with Crippen molar-refractivity contribution in [1.82, 2.24) is 4.37 Å². The largest absolute Gasteiger partial charge is 0.383 e. The van der Waals surface area contributed by atoms with E-state index in [0.29, 0.717) is 0 Å². The Bertz CT molecular complexity index is 504. The summed E-state index contributed by atoms with van der Waals surface area (Å²) in [4.78, 5) is 0.934. The topological polar surface area (TPSA) is 33.1 Å². The minimum atomic E-state index is -0.549. The molecule has 84 valence electrons. The molecule has 0 aliphatic carbocycles. The van der Waals surface area contributed by atoms with Crippen LogP contribution in [0.4, 0.5) is 0 Å². The Hall–Kier alpha value is -1.19. The normalized spacial score (nSPS) is 12.8. The van der Waals surface area contributed by atoms with Gasteiger partial charge < -0.3 is 5.11 Å². The second-order valence-electron chi connectivity index (χ2n) is 4.12. The smallest absolute Gasteiger partial charge is 0.115 e. The molecule has 0 bridgehead atoms. The molecule has 0 radical (unpaired) electrons. The molecule has 0 aliphatic rings. The third-order valence-electron chi connectivity index (χ3n) is 2.88. The first-order valence-electron chi connectivity index (χ1n) is 5.26. The van der Waals surface area contributed by atoms with Gasteiger partial charge in [-0.3, -0.25) is 0 Å². The van der Waals surface area contributed by atoms with Gasteiger partial charge in [0.15, 0.2) is 0 Å². The lowest BCUT2D eigenvalue weighted by Crippen LogP contribution is -1.99. The zero-order chi connectivity index (χ0) is 11.7. The molecule has 0 amide bonds. The molecule has 2 nitrogen and oxygen atoms in total. The fourth-order valence-corrected chi connectivity index (χ4v) is 2.41. The second-order valence-corrected chi connectivity index (χ2v) is 4.95. The SMILES string of the molecule is Cc1ccc([C@@H](O)c2sncc2C)cc1C. The quantitative estimate of drug-likeness (QED) is 0.864. The zero-order valence-corrected chi connectivity index (χ0v) is 10.5. The van der Waals surface area contributed by atoms with Crippen molar-refractivity contribution in [2.75, 3.05) is 0 Å². The van der Waals surface area contributed by atoms with Crippen molar-refractivity contribution in [3.63, 3.8) is 0 Å². The number of benzene rings is 1. The Balaban J connectivity index is 2.38. The standard InChI is InChI=1S/C13H15NOS/c1-8-4-5-11(6-9(8)2)12(15)13-10(3)7-14-16-13/h4-7,12,15H,1-3H3/t12-/m1/s1. The molecule has 2 aromatic rings. The van der Waals surface area contributed by atoms with Gasteiger partial charge in [0.25, 0.3) is 0 Å². The molecule has 1 atom stereocenters. The molecule has 1 aromatic carbocycles. The molecular formula is C13H15NOS. The minimum absolute atomic E-state index is 0.549. The highest BCUT2D eigenvalue weighted by Crippen LogP contribution is 2.28. The molecule has 2 rings (SSSR count). The molecule has 0 saturated heterocycles. The summed E-state index contributed by atoms with van der Waals surface area (Å²) in [6, 6.07) is 6.07. The summed E-state index contributed by atoms with van der Waals surface area (Å²) in [5, 5.41) is 10.2. The van der Waals surface area contributed by atoms with Crippen molar-refractivity contribution < 1.29 is 5.11 Å². The maximum atomic E-state index is 10.2. The number of rotatable bonds is 2. The first kappa shape index (κ1) is 11.3. The van der Waals surface area contributed by atoms with Crippen LogP contribution in [0.5, 0.6) is 0 Å². The number of aromatic nitrogens is 1. The fourth-order valence-electron chi connectivity index (χ4n) is 1.65. The molecule has 0 aliphatic heterocycles. The van der Waals surface area contributed by atoms with Crippen molar-refractivity contribution in [3.8, 4) is 0 Å². The van der Waals surface area contributed by atoms with E-state index in [1.54, 1.807) is 6.20 Å². The third kappa shape index (κ3) is 2.01. The fraction of sp³-hybridized carbons (Fsp3) is 0.308. The van der Waals surface area contributed by atoms with Crippen LogP contribution in [0.15, 0.2) is 24.4 Å². The summed E-state index contributed by atoms with van der Waals surface area (Å²) in [5.41, 5.74) is 4.45. The molecule has 1 heterocycles. The van der Waals surface area contributed by atoms with Crippen LogP contribution in [-0.2, 0) is 0 Å². The summed E-state index contributed by atoms with van der Waals surface area (Å²) in [7, 11) is 0. The van der Waals surface area contributed by atoms with Gasteiger partial charge in [-0.25, -0.2) is 4.37 Å². The number of hydrogen-bond donors (Lipinski definition) is 1. The van der Waals surface area contributed by atoms with Gasteiger partial charge >= 0.3 is 0 Å². The van der Waals surface area contributed by atoms with E-state index in [-0.39, 0.29) is 0 Å². The van der Waals surface area contributed by atoms with E-state index >= 15 is 0 Å². The number of aryl methyl sites for hydroxylation is 3. The Morgan fingerprint density at radius 2 is 1.88 bits per heavy atom. The van der Waals surface area contributed by atoms with Crippen LogP contribution in [0.1, 0.15) is 33.2 Å². The van der Waals surface area contributed by atoms with Crippen molar-refractivity contribution in [2.45, 2.75) is 26.9 Å². The lowest BCUT2D eigenvalue weighted by molar-refractivity contribution is 0.223. The van der Waals surface area contributed by atoms with E-state index in [1.807, 2.05) is 25.1 Å². The zero-order valence-electron chi connectivity index (χ0n) is 9.69. The van der Waals surface area contributed by atoms with Crippen molar-refractivity contribution in [1.29, 1.82) is 0 Å². The van der Waals surface area contributed by atoms with Gasteiger partial charge in [0.2, 0.25) is 0 Å². The maximum Gasteiger partial charge on any atom is 0.115 e. The molecule has 0 spiro atoms. The molecule has 0 saturated carbocycles. The average Bonchev–Trinajstić information content (AvgIpc) is 2.67. The van der Waals surface area contributed by atoms with E-state index < -0.39 is 6.10 Å². The van der Waals surface area contributed by atoms with Crippen molar-refractivity contribution in [3.05, 3.63) is 51.5 Å². The van der Waals surface area contributed by atoms with Crippen LogP contribution in [-0.4, -0.2) is 9.48 Å². The number of nitrogens with zero attached hydrogens (tertiary/aromatic N) is 1. The summed E-state index contributed by atoms with van der Waals surface area (Å²) in [6.45, 7) is 6.11. The van der Waals surface area contributed by atoms with E-state index in [4.69, 9.17) is 0 Å². The first-order valence-corrected chi connectivity index (χ1v) is 6.03. The third-order valence-corrected chi connectivity index (χ3v) is 3.83. The van der Waals surface area contributed by atoms with E-state index in [1.165, 1.54) is 22.7 Å². The summed E-state index contributed by atoms with van der Waals surface area (Å²) in [6.07, 6.45) is 1.25. The molecule has 0 fully saturated rings. The number of aliphatic hydroxyl groups excluding tert-OH is 1. The average molecular weight is 233 g/mol. The van der Waals surface area contributed by atoms with Crippen molar-refractivity contribution in [2.24, 2.45) is 0 Å². The molecule has 1 aromatic heterocycles. The van der Waals surface area contributed by atoms with Crippen LogP contribution in [0.3, 0.4) is 0 Å². The van der Waals surface area contributed by atoms with Gasteiger partial charge in [-0.05, 0) is 54.6 Å². The van der Waals surface area contributed by atoms with Crippen LogP contribution in [0.2, 0.25) is 0 Å². The highest BCUT2D eigenvalue weighted by Gasteiger charge is 2.15. The summed E-state index contributed by atoms with van der Waals surface area (Å²) >= 11 is 1.36. The van der Waals surface area contributed by atoms with Gasteiger partial charge in [-0.1, -0.05) is 18.2 Å². The summed E-state index contributed by atoms with van der Waals surface area (Å²) in [5.74, 6) is 0. The highest BCUT2D eigenvalue weighted by molar-refractivity contribution is 7.06. The van der Waals surface area contributed by atoms with Crippen LogP contribution in [0, 0.1) is 20.8 Å². The van der Waals surface area contributed by atoms with Crippen molar-refractivity contribution >= 4 is 11.5 Å². The molecule has 16 heavy (non-hydrogen) atoms. The Morgan fingerprint density at radius 3 is 2.44 bits per heavy atom. The van der Waals surface area contributed by atoms with E-state index in [2.05, 4.69) is 18.2 Å². The Kier molecular flexibility index (Phi) is 3.08. The second kappa shape index (κ2) is 4.36. The van der Waals surface area contributed by atoms with Gasteiger partial charge in [0.1, 0.15) is 6.10 Å². The predicted octanol–water partition coefficient (Wildman–Crippen LogP) is 3.15. The molecular weight excluding hydrogens is 218 g/mol. The van der Waals surface area contributed by atoms with Gasteiger partial charge in [-0.2, -0.15) is 0 Å². The minimum Gasteiger partial charge on any atom is -0.383 e. The number of aliphatic hydroxyl groups is 1. The summed E-state index contributed by atoms with van der Waals surface area (Å²) < 4.78 is 4.09. The highest BCUT2D eigenvalue weighted by atomic mass is 32.1. The van der Waals surface area contributed by atoms with Gasteiger partial charge in [0.05, 0.1) is 4.88 Å². The predicted molar refractivity (Wildman–Crippen MR) is 66.8 cm³/mol. The lowest BCUT2D eigenvalue weighted by atomic mass is 10.0. The monoisotopic (exact) mass is 233 g/mol. The molecule has 0 unspecified atom stereocenters. The van der Waals surface area contributed by atoms with E-state index in [9.17, 15) is 5.11 Å². The van der Waals surface area contributed by atoms with Crippen LogP contribution < -0.4 is 0 Å². The Morgan fingerprint density at radius 1 is 1.12 bits per heavy atom. The molecule has 1 N–H and O–H groups in total.